The molecule has 9 heteroatoms. The standard InChI is InChI=1S/C26H36N4O4S/c1-6-7-21(32)29-23(26(3,4)5)25(34)30-14-19(31)12-20(30)24(33)27-13-17-8-10-18(11-9-17)22-16(2)28-15-35-22/h8-11,15,19-20,23,31H,6-7,12-14H2,1-5H3,(H,27,33)(H,29,32)/t19-,20+,23?/m1/s1. The van der Waals surface area contributed by atoms with Crippen LogP contribution in [-0.2, 0) is 20.9 Å². The molecule has 3 amide bonds. The largest absolute Gasteiger partial charge is 0.391 e. The van der Waals surface area contributed by atoms with E-state index in [9.17, 15) is 19.5 Å². The molecular weight excluding hydrogens is 464 g/mol. The number of thiazole rings is 1. The van der Waals surface area contributed by atoms with E-state index in [0.29, 0.717) is 19.4 Å². The van der Waals surface area contributed by atoms with Gasteiger partial charge in [0.2, 0.25) is 17.7 Å². The zero-order valence-electron chi connectivity index (χ0n) is 21.1. The van der Waals surface area contributed by atoms with E-state index in [4.69, 9.17) is 0 Å². The molecule has 3 N–H and O–H groups in total. The minimum Gasteiger partial charge on any atom is -0.391 e. The summed E-state index contributed by atoms with van der Waals surface area (Å²) in [7, 11) is 0. The first kappa shape index (κ1) is 26.8. The van der Waals surface area contributed by atoms with E-state index in [2.05, 4.69) is 15.6 Å². The maximum atomic E-state index is 13.5. The number of benzene rings is 1. The molecule has 8 nitrogen and oxygen atoms in total. The summed E-state index contributed by atoms with van der Waals surface area (Å²) in [6.07, 6.45) is 0.382. The molecule has 1 aliphatic heterocycles. The van der Waals surface area contributed by atoms with Crippen LogP contribution in [0.1, 0.15) is 58.2 Å². The van der Waals surface area contributed by atoms with Crippen LogP contribution < -0.4 is 10.6 Å². The fraction of sp³-hybridized carbons (Fsp3) is 0.538. The van der Waals surface area contributed by atoms with Gasteiger partial charge in [-0.2, -0.15) is 0 Å². The zero-order valence-corrected chi connectivity index (χ0v) is 21.9. The second-order valence-corrected chi connectivity index (χ2v) is 11.0. The average molecular weight is 501 g/mol. The highest BCUT2D eigenvalue weighted by atomic mass is 32.1. The van der Waals surface area contributed by atoms with E-state index in [0.717, 1.165) is 21.7 Å². The number of carbonyl (C=O) groups is 3. The topological polar surface area (TPSA) is 112 Å². The molecule has 1 unspecified atom stereocenters. The summed E-state index contributed by atoms with van der Waals surface area (Å²) in [4.78, 5) is 45.6. The summed E-state index contributed by atoms with van der Waals surface area (Å²) in [6, 6.07) is 6.35. The lowest BCUT2D eigenvalue weighted by atomic mass is 9.85. The lowest BCUT2D eigenvalue weighted by Gasteiger charge is -2.35. The van der Waals surface area contributed by atoms with Crippen molar-refractivity contribution in [2.24, 2.45) is 5.41 Å². The van der Waals surface area contributed by atoms with Crippen molar-refractivity contribution in [3.63, 3.8) is 0 Å². The Morgan fingerprint density at radius 1 is 1.23 bits per heavy atom. The third kappa shape index (κ3) is 6.67. The molecule has 0 radical (unpaired) electrons. The Morgan fingerprint density at radius 2 is 1.91 bits per heavy atom. The maximum Gasteiger partial charge on any atom is 0.246 e. The van der Waals surface area contributed by atoms with Crippen LogP contribution in [0.25, 0.3) is 10.4 Å². The Labute approximate surface area is 211 Å². The Kier molecular flexibility index (Phi) is 8.66. The molecule has 3 atom stereocenters. The van der Waals surface area contributed by atoms with Gasteiger partial charge < -0.3 is 20.6 Å². The molecule has 0 spiro atoms. The molecule has 1 aliphatic rings. The van der Waals surface area contributed by atoms with Gasteiger partial charge in [0.05, 0.1) is 22.2 Å². The van der Waals surface area contributed by atoms with Crippen molar-refractivity contribution < 1.29 is 19.5 Å². The second kappa shape index (κ2) is 11.3. The van der Waals surface area contributed by atoms with Crippen LogP contribution in [0.2, 0.25) is 0 Å². The van der Waals surface area contributed by atoms with Crippen LogP contribution in [0, 0.1) is 12.3 Å². The van der Waals surface area contributed by atoms with E-state index >= 15 is 0 Å². The number of likely N-dealkylation sites (tertiary alicyclic amines) is 1. The van der Waals surface area contributed by atoms with Crippen LogP contribution in [0.3, 0.4) is 0 Å². The van der Waals surface area contributed by atoms with Crippen LogP contribution in [0.15, 0.2) is 29.8 Å². The van der Waals surface area contributed by atoms with Gasteiger partial charge in [0.1, 0.15) is 12.1 Å². The lowest BCUT2D eigenvalue weighted by molar-refractivity contribution is -0.144. The van der Waals surface area contributed by atoms with Gasteiger partial charge in [-0.3, -0.25) is 14.4 Å². The highest BCUT2D eigenvalue weighted by Gasteiger charge is 2.44. The summed E-state index contributed by atoms with van der Waals surface area (Å²) in [6.45, 7) is 9.88. The number of nitrogens with one attached hydrogen (secondary N) is 2. The fourth-order valence-electron chi connectivity index (χ4n) is 4.24. The number of nitrogens with zero attached hydrogens (tertiary/aromatic N) is 2. The smallest absolute Gasteiger partial charge is 0.246 e. The summed E-state index contributed by atoms with van der Waals surface area (Å²) >= 11 is 1.59. The molecule has 1 fully saturated rings. The molecule has 1 saturated heterocycles. The normalized spacial score (nSPS) is 18.9. The van der Waals surface area contributed by atoms with Crippen LogP contribution >= 0.6 is 11.3 Å². The highest BCUT2D eigenvalue weighted by molar-refractivity contribution is 7.13. The molecule has 2 aromatic rings. The third-order valence-electron chi connectivity index (χ3n) is 6.19. The van der Waals surface area contributed by atoms with Gasteiger partial charge in [0.15, 0.2) is 0 Å². The molecule has 2 heterocycles. The van der Waals surface area contributed by atoms with Gasteiger partial charge in [-0.05, 0) is 29.9 Å². The Morgan fingerprint density at radius 3 is 2.49 bits per heavy atom. The SMILES string of the molecule is CCCC(=O)NC(C(=O)N1C[C@H](O)C[C@H]1C(=O)NCc1ccc(-c2scnc2C)cc1)C(C)(C)C. The quantitative estimate of drug-likeness (QED) is 0.516. The zero-order chi connectivity index (χ0) is 25.8. The predicted molar refractivity (Wildman–Crippen MR) is 137 cm³/mol. The van der Waals surface area contributed by atoms with E-state index in [1.54, 1.807) is 11.3 Å². The van der Waals surface area contributed by atoms with Crippen LogP contribution in [-0.4, -0.2) is 57.4 Å². The molecule has 3 rings (SSSR count). The van der Waals surface area contributed by atoms with Crippen molar-refractivity contribution in [2.75, 3.05) is 6.54 Å². The summed E-state index contributed by atoms with van der Waals surface area (Å²) < 4.78 is 0. The first-order valence-electron chi connectivity index (χ1n) is 12.1. The Bertz CT molecular complexity index is 1040. The van der Waals surface area contributed by atoms with Crippen molar-refractivity contribution in [2.45, 2.75) is 78.6 Å². The molecule has 0 bridgehead atoms. The number of aliphatic hydroxyl groups is 1. The van der Waals surface area contributed by atoms with Gasteiger partial charge >= 0.3 is 0 Å². The number of hydrogen-bond donors (Lipinski definition) is 3. The third-order valence-corrected chi connectivity index (χ3v) is 7.17. The number of aromatic nitrogens is 1. The molecule has 1 aromatic carbocycles. The number of β-amino-alcohol motifs (C(OH)–C–C–N with tert-alkyl or cyclic N) is 1. The minimum absolute atomic E-state index is 0.0655. The molecule has 0 aliphatic carbocycles. The molecule has 1 aromatic heterocycles. The first-order chi connectivity index (χ1) is 16.5. The number of aryl methyl sites for hydroxylation is 1. The molecule has 35 heavy (non-hydrogen) atoms. The second-order valence-electron chi connectivity index (χ2n) is 10.2. The summed E-state index contributed by atoms with van der Waals surface area (Å²) in [5.74, 6) is -0.855. The van der Waals surface area contributed by atoms with Crippen LogP contribution in [0.5, 0.6) is 0 Å². The predicted octanol–water partition coefficient (Wildman–Crippen LogP) is 3.03. The average Bonchev–Trinajstić information content (AvgIpc) is 3.40. The van der Waals surface area contributed by atoms with Crippen LogP contribution in [0.4, 0.5) is 0 Å². The highest BCUT2D eigenvalue weighted by Crippen LogP contribution is 2.28. The van der Waals surface area contributed by atoms with E-state index < -0.39 is 23.6 Å². The van der Waals surface area contributed by atoms with Gasteiger partial charge in [-0.25, -0.2) is 4.98 Å². The minimum atomic E-state index is -0.788. The number of carbonyl (C=O) groups excluding carboxylic acids is 3. The van der Waals surface area contributed by atoms with Crippen molar-refractivity contribution in [1.82, 2.24) is 20.5 Å². The van der Waals surface area contributed by atoms with E-state index in [1.807, 2.05) is 64.4 Å². The van der Waals surface area contributed by atoms with E-state index in [-0.39, 0.29) is 30.7 Å². The lowest BCUT2D eigenvalue weighted by Crippen LogP contribution is -2.57. The van der Waals surface area contributed by atoms with Crippen molar-refractivity contribution in [1.29, 1.82) is 0 Å². The van der Waals surface area contributed by atoms with Gasteiger partial charge in [0, 0.05) is 25.9 Å². The van der Waals surface area contributed by atoms with Gasteiger partial charge in [-0.15, -0.1) is 11.3 Å². The number of amides is 3. The van der Waals surface area contributed by atoms with Gasteiger partial charge in [0.25, 0.3) is 0 Å². The van der Waals surface area contributed by atoms with Gasteiger partial charge in [-0.1, -0.05) is 52.0 Å². The number of hydrogen-bond acceptors (Lipinski definition) is 6. The van der Waals surface area contributed by atoms with Crippen molar-refractivity contribution >= 4 is 29.1 Å². The molecular formula is C26H36N4O4S. The maximum absolute atomic E-state index is 13.5. The summed E-state index contributed by atoms with van der Waals surface area (Å²) in [5, 5.41) is 16.0. The molecule has 190 valence electrons. The fourth-order valence-corrected chi connectivity index (χ4v) is 5.05. The van der Waals surface area contributed by atoms with Crippen molar-refractivity contribution in [3.8, 4) is 10.4 Å². The Balaban J connectivity index is 1.67. The monoisotopic (exact) mass is 500 g/mol. The number of aliphatic hydroxyl groups excluding tert-OH is 1. The van der Waals surface area contributed by atoms with Crippen molar-refractivity contribution in [3.05, 3.63) is 41.0 Å². The van der Waals surface area contributed by atoms with E-state index in [1.165, 1.54) is 4.90 Å². The first-order valence-corrected chi connectivity index (χ1v) is 12.9. The number of rotatable bonds is 8. The summed E-state index contributed by atoms with van der Waals surface area (Å²) in [5.41, 5.74) is 4.27. The Hall–Kier alpha value is -2.78. The molecule has 0 saturated carbocycles.